The molecule has 0 saturated heterocycles. The highest BCUT2D eigenvalue weighted by Crippen LogP contribution is 2.32. The number of aromatic nitrogens is 4. The number of benzene rings is 2. The first-order chi connectivity index (χ1) is 15.6. The standard InChI is InChI=1S/C23H20FN5O3/c1-28-18-11-12-29(23(30)15-8-4-6-10-19(15)31-2)13-16(18)20(26-28)22-25-21(27-32-22)14-7-3-5-9-17(14)24/h3-10H,11-13H2,1-2H3. The van der Waals surface area contributed by atoms with E-state index in [1.165, 1.54) is 6.07 Å². The van der Waals surface area contributed by atoms with E-state index in [-0.39, 0.29) is 23.2 Å². The van der Waals surface area contributed by atoms with Gasteiger partial charge in [0, 0.05) is 31.3 Å². The number of hydrogen-bond donors (Lipinski definition) is 0. The summed E-state index contributed by atoms with van der Waals surface area (Å²) >= 11 is 0. The van der Waals surface area contributed by atoms with Gasteiger partial charge in [-0.15, -0.1) is 0 Å². The smallest absolute Gasteiger partial charge is 0.279 e. The number of rotatable bonds is 4. The summed E-state index contributed by atoms with van der Waals surface area (Å²) in [5.41, 5.74) is 3.08. The van der Waals surface area contributed by atoms with Crippen LogP contribution in [0, 0.1) is 5.82 Å². The second-order valence-electron chi connectivity index (χ2n) is 7.48. The predicted octanol–water partition coefficient (Wildman–Crippen LogP) is 3.48. The highest BCUT2D eigenvalue weighted by molar-refractivity contribution is 5.97. The molecule has 9 heteroatoms. The van der Waals surface area contributed by atoms with E-state index >= 15 is 0 Å². The Labute approximate surface area is 183 Å². The Balaban J connectivity index is 1.48. The first-order valence-corrected chi connectivity index (χ1v) is 10.1. The number of carbonyl (C=O) groups is 1. The van der Waals surface area contributed by atoms with Gasteiger partial charge in [-0.1, -0.05) is 29.4 Å². The number of carbonyl (C=O) groups excluding carboxylic acids is 1. The Kier molecular flexibility index (Phi) is 4.93. The van der Waals surface area contributed by atoms with Crippen molar-refractivity contribution in [1.29, 1.82) is 0 Å². The van der Waals surface area contributed by atoms with Crippen molar-refractivity contribution in [3.63, 3.8) is 0 Å². The van der Waals surface area contributed by atoms with Crippen LogP contribution >= 0.6 is 0 Å². The van der Waals surface area contributed by atoms with Gasteiger partial charge in [0.2, 0.25) is 5.82 Å². The Morgan fingerprint density at radius 1 is 1.16 bits per heavy atom. The number of fused-ring (bicyclic) bond motifs is 1. The first-order valence-electron chi connectivity index (χ1n) is 10.1. The summed E-state index contributed by atoms with van der Waals surface area (Å²) in [5, 5.41) is 8.49. The van der Waals surface area contributed by atoms with Gasteiger partial charge < -0.3 is 14.2 Å². The SMILES string of the molecule is COc1ccccc1C(=O)N1CCc2c(c(-c3nc(-c4ccccc4F)no3)nn2C)C1. The normalized spacial score (nSPS) is 13.2. The van der Waals surface area contributed by atoms with Gasteiger partial charge in [-0.2, -0.15) is 10.1 Å². The monoisotopic (exact) mass is 433 g/mol. The van der Waals surface area contributed by atoms with Crippen molar-refractivity contribution in [2.24, 2.45) is 7.05 Å². The van der Waals surface area contributed by atoms with Gasteiger partial charge in [0.15, 0.2) is 5.69 Å². The second kappa shape index (κ2) is 7.92. The van der Waals surface area contributed by atoms with Gasteiger partial charge in [-0.05, 0) is 24.3 Å². The molecule has 0 bridgehead atoms. The van der Waals surface area contributed by atoms with Crippen LogP contribution in [0.25, 0.3) is 23.0 Å². The van der Waals surface area contributed by atoms with E-state index in [1.54, 1.807) is 47.0 Å². The summed E-state index contributed by atoms with van der Waals surface area (Å²) in [6.45, 7) is 0.889. The van der Waals surface area contributed by atoms with Crippen LogP contribution < -0.4 is 4.74 Å². The molecule has 5 rings (SSSR count). The maximum absolute atomic E-state index is 14.1. The van der Waals surface area contributed by atoms with Crippen molar-refractivity contribution in [3.8, 4) is 28.7 Å². The third-order valence-electron chi connectivity index (χ3n) is 5.61. The summed E-state index contributed by atoms with van der Waals surface area (Å²) in [5.74, 6) is 0.306. The summed E-state index contributed by atoms with van der Waals surface area (Å²) in [7, 11) is 3.39. The van der Waals surface area contributed by atoms with Crippen LogP contribution in [0.3, 0.4) is 0 Å². The maximum atomic E-state index is 14.1. The summed E-state index contributed by atoms with van der Waals surface area (Å²) in [4.78, 5) is 19.3. The average molecular weight is 433 g/mol. The van der Waals surface area contributed by atoms with E-state index in [1.807, 2.05) is 19.2 Å². The van der Waals surface area contributed by atoms with Crippen LogP contribution in [-0.4, -0.2) is 44.4 Å². The van der Waals surface area contributed by atoms with Gasteiger partial charge in [0.25, 0.3) is 11.8 Å². The van der Waals surface area contributed by atoms with E-state index < -0.39 is 5.82 Å². The molecular formula is C23H20FN5O3. The van der Waals surface area contributed by atoms with Gasteiger partial charge in [0.05, 0.1) is 24.8 Å². The predicted molar refractivity (Wildman–Crippen MR) is 113 cm³/mol. The van der Waals surface area contributed by atoms with E-state index in [0.29, 0.717) is 36.5 Å². The number of hydrogen-bond acceptors (Lipinski definition) is 6. The molecule has 0 unspecified atom stereocenters. The first kappa shape index (κ1) is 19.9. The average Bonchev–Trinajstić information content (AvgIpc) is 3.43. The number of methoxy groups -OCH3 is 1. The minimum absolute atomic E-state index is 0.125. The molecule has 3 heterocycles. The Morgan fingerprint density at radius 2 is 1.94 bits per heavy atom. The number of amides is 1. The molecule has 2 aromatic heterocycles. The van der Waals surface area contributed by atoms with E-state index in [2.05, 4.69) is 15.2 Å². The third-order valence-corrected chi connectivity index (χ3v) is 5.61. The molecule has 1 aliphatic rings. The molecule has 0 radical (unpaired) electrons. The molecule has 8 nitrogen and oxygen atoms in total. The lowest BCUT2D eigenvalue weighted by atomic mass is 10.0. The lowest BCUT2D eigenvalue weighted by molar-refractivity contribution is 0.0730. The molecule has 0 spiro atoms. The molecule has 4 aromatic rings. The lowest BCUT2D eigenvalue weighted by Crippen LogP contribution is -2.36. The second-order valence-corrected chi connectivity index (χ2v) is 7.48. The Hall–Kier alpha value is -4.01. The molecule has 2 aromatic carbocycles. The number of halogens is 1. The number of nitrogens with zero attached hydrogens (tertiary/aromatic N) is 5. The molecule has 162 valence electrons. The van der Waals surface area contributed by atoms with Crippen molar-refractivity contribution < 1.29 is 18.4 Å². The molecule has 0 N–H and O–H groups in total. The van der Waals surface area contributed by atoms with Crippen molar-refractivity contribution in [3.05, 3.63) is 71.2 Å². The molecule has 1 amide bonds. The quantitative estimate of drug-likeness (QED) is 0.490. The number of aryl methyl sites for hydroxylation is 1. The molecule has 32 heavy (non-hydrogen) atoms. The Bertz CT molecular complexity index is 1310. The minimum atomic E-state index is -0.434. The van der Waals surface area contributed by atoms with E-state index in [0.717, 1.165) is 11.3 Å². The Morgan fingerprint density at radius 3 is 2.75 bits per heavy atom. The molecule has 1 aliphatic heterocycles. The summed E-state index contributed by atoms with van der Waals surface area (Å²) in [6.07, 6.45) is 0.633. The summed E-state index contributed by atoms with van der Waals surface area (Å²) < 4.78 is 26.7. The fraction of sp³-hybridized carbons (Fsp3) is 0.217. The fourth-order valence-electron chi connectivity index (χ4n) is 4.00. The third kappa shape index (κ3) is 3.31. The number of para-hydroxylation sites is 1. The molecule has 0 fully saturated rings. The molecular weight excluding hydrogens is 413 g/mol. The van der Waals surface area contributed by atoms with E-state index in [4.69, 9.17) is 9.26 Å². The molecule has 0 atom stereocenters. The van der Waals surface area contributed by atoms with Crippen molar-refractivity contribution in [2.75, 3.05) is 13.7 Å². The van der Waals surface area contributed by atoms with Crippen molar-refractivity contribution in [2.45, 2.75) is 13.0 Å². The highest BCUT2D eigenvalue weighted by Gasteiger charge is 2.31. The van der Waals surface area contributed by atoms with Gasteiger partial charge in [0.1, 0.15) is 11.6 Å². The van der Waals surface area contributed by atoms with Crippen LogP contribution in [0.4, 0.5) is 4.39 Å². The highest BCUT2D eigenvalue weighted by atomic mass is 19.1. The lowest BCUT2D eigenvalue weighted by Gasteiger charge is -2.28. The van der Waals surface area contributed by atoms with Crippen LogP contribution in [0.5, 0.6) is 5.75 Å². The van der Waals surface area contributed by atoms with Gasteiger partial charge in [-0.3, -0.25) is 9.48 Å². The van der Waals surface area contributed by atoms with Crippen molar-refractivity contribution >= 4 is 5.91 Å². The van der Waals surface area contributed by atoms with Crippen molar-refractivity contribution in [1.82, 2.24) is 24.8 Å². The van der Waals surface area contributed by atoms with Crippen LogP contribution in [0.1, 0.15) is 21.6 Å². The van der Waals surface area contributed by atoms with Crippen LogP contribution in [-0.2, 0) is 20.0 Å². The summed E-state index contributed by atoms with van der Waals surface area (Å²) in [6, 6.07) is 13.4. The van der Waals surface area contributed by atoms with Crippen LogP contribution in [0.2, 0.25) is 0 Å². The van der Waals surface area contributed by atoms with Crippen LogP contribution in [0.15, 0.2) is 53.1 Å². The largest absolute Gasteiger partial charge is 0.496 e. The van der Waals surface area contributed by atoms with Gasteiger partial charge >= 0.3 is 0 Å². The fourth-order valence-corrected chi connectivity index (χ4v) is 4.00. The topological polar surface area (TPSA) is 86.3 Å². The maximum Gasteiger partial charge on any atom is 0.279 e. The minimum Gasteiger partial charge on any atom is -0.496 e. The van der Waals surface area contributed by atoms with Gasteiger partial charge in [-0.25, -0.2) is 4.39 Å². The van der Waals surface area contributed by atoms with E-state index in [9.17, 15) is 9.18 Å². The number of ether oxygens (including phenoxy) is 1. The zero-order chi connectivity index (χ0) is 22.2. The molecule has 0 aliphatic carbocycles. The molecule has 0 saturated carbocycles. The zero-order valence-electron chi connectivity index (χ0n) is 17.6. The zero-order valence-corrected chi connectivity index (χ0v) is 17.6.